The van der Waals surface area contributed by atoms with Crippen molar-refractivity contribution < 1.29 is 0 Å². The molecule has 0 aliphatic carbocycles. The molecule has 0 spiro atoms. The second-order valence-corrected chi connectivity index (χ2v) is 5.03. The van der Waals surface area contributed by atoms with E-state index in [-0.39, 0.29) is 0 Å². The molecule has 0 aliphatic rings. The van der Waals surface area contributed by atoms with Crippen molar-refractivity contribution >= 4 is 5.82 Å². The largest absolute Gasteiger partial charge is 0.308 e. The van der Waals surface area contributed by atoms with E-state index in [1.165, 1.54) is 0 Å². The highest BCUT2D eigenvalue weighted by atomic mass is 15.3. The molecule has 5 nitrogen and oxygen atoms in total. The average Bonchev–Trinajstić information content (AvgIpc) is 2.37. The highest BCUT2D eigenvalue weighted by Gasteiger charge is 2.09. The number of hydrazine groups is 1. The summed E-state index contributed by atoms with van der Waals surface area (Å²) in [7, 11) is 0. The van der Waals surface area contributed by atoms with Gasteiger partial charge in [-0.25, -0.2) is 15.8 Å². The third-order valence-corrected chi connectivity index (χ3v) is 2.69. The molecule has 100 valence electrons. The smallest absolute Gasteiger partial charge is 0.180 e. The lowest BCUT2D eigenvalue weighted by atomic mass is 10.1. The van der Waals surface area contributed by atoms with Gasteiger partial charge in [0.05, 0.1) is 0 Å². The maximum absolute atomic E-state index is 5.47. The lowest BCUT2D eigenvalue weighted by Crippen LogP contribution is -2.11. The van der Waals surface area contributed by atoms with Crippen molar-refractivity contribution in [2.45, 2.75) is 27.2 Å². The molecule has 0 aliphatic heterocycles. The molecule has 0 saturated heterocycles. The topological polar surface area (TPSA) is 76.7 Å². The zero-order valence-electron chi connectivity index (χ0n) is 11.5. The van der Waals surface area contributed by atoms with Gasteiger partial charge >= 0.3 is 0 Å². The number of nitrogens with zero attached hydrogens (tertiary/aromatic N) is 3. The first-order chi connectivity index (χ1) is 9.08. The summed E-state index contributed by atoms with van der Waals surface area (Å²) in [4.78, 5) is 13.2. The fourth-order valence-electron chi connectivity index (χ4n) is 1.87. The summed E-state index contributed by atoms with van der Waals surface area (Å²) < 4.78 is 0. The zero-order chi connectivity index (χ0) is 13.8. The molecule has 0 saturated carbocycles. The van der Waals surface area contributed by atoms with Gasteiger partial charge in [0, 0.05) is 18.0 Å². The van der Waals surface area contributed by atoms with Crippen LogP contribution in [0.5, 0.6) is 0 Å². The summed E-state index contributed by atoms with van der Waals surface area (Å²) >= 11 is 0. The highest BCUT2D eigenvalue weighted by Crippen LogP contribution is 2.18. The predicted octanol–water partition coefficient (Wildman–Crippen LogP) is 2.33. The zero-order valence-corrected chi connectivity index (χ0v) is 11.5. The molecular weight excluding hydrogens is 238 g/mol. The SMILES string of the molecule is Cc1ccnc(-c2nc(CC(C)C)cc(NN)n2)c1. The van der Waals surface area contributed by atoms with Gasteiger partial charge in [0.25, 0.3) is 0 Å². The Morgan fingerprint density at radius 1 is 1.26 bits per heavy atom. The fourth-order valence-corrected chi connectivity index (χ4v) is 1.87. The molecule has 2 aromatic rings. The number of nitrogens with two attached hydrogens (primary N) is 1. The maximum atomic E-state index is 5.47. The second-order valence-electron chi connectivity index (χ2n) is 5.03. The lowest BCUT2D eigenvalue weighted by Gasteiger charge is -2.09. The predicted molar refractivity (Wildman–Crippen MR) is 76.4 cm³/mol. The second kappa shape index (κ2) is 5.75. The molecule has 5 heteroatoms. The van der Waals surface area contributed by atoms with Gasteiger partial charge in [0.15, 0.2) is 5.82 Å². The molecule has 0 aromatic carbocycles. The quantitative estimate of drug-likeness (QED) is 0.649. The van der Waals surface area contributed by atoms with Gasteiger partial charge in [0.1, 0.15) is 11.5 Å². The molecule has 2 rings (SSSR count). The van der Waals surface area contributed by atoms with Crippen LogP contribution in [0.3, 0.4) is 0 Å². The van der Waals surface area contributed by atoms with Crippen molar-refractivity contribution in [3.63, 3.8) is 0 Å². The molecule has 0 atom stereocenters. The van der Waals surface area contributed by atoms with Crippen molar-refractivity contribution in [1.29, 1.82) is 0 Å². The van der Waals surface area contributed by atoms with Gasteiger partial charge in [0.2, 0.25) is 0 Å². The van der Waals surface area contributed by atoms with Crippen molar-refractivity contribution in [3.8, 4) is 11.5 Å². The van der Waals surface area contributed by atoms with Crippen LogP contribution in [0.25, 0.3) is 11.5 Å². The molecule has 2 heterocycles. The van der Waals surface area contributed by atoms with E-state index >= 15 is 0 Å². The monoisotopic (exact) mass is 257 g/mol. The number of aryl methyl sites for hydroxylation is 1. The summed E-state index contributed by atoms with van der Waals surface area (Å²) in [6.07, 6.45) is 2.65. The van der Waals surface area contributed by atoms with Gasteiger partial charge in [-0.1, -0.05) is 13.8 Å². The van der Waals surface area contributed by atoms with Gasteiger partial charge in [-0.05, 0) is 37.0 Å². The first kappa shape index (κ1) is 13.4. The Balaban J connectivity index is 2.44. The number of hydrogen-bond acceptors (Lipinski definition) is 5. The Labute approximate surface area is 113 Å². The maximum Gasteiger partial charge on any atom is 0.180 e. The third-order valence-electron chi connectivity index (χ3n) is 2.69. The molecule has 0 amide bonds. The van der Waals surface area contributed by atoms with Crippen molar-refractivity contribution in [2.24, 2.45) is 11.8 Å². The standard InChI is InChI=1S/C14H19N5/c1-9(2)6-11-8-13(19-15)18-14(17-11)12-7-10(3)4-5-16-12/h4-5,7-9H,6,15H2,1-3H3,(H,17,18,19). The summed E-state index contributed by atoms with van der Waals surface area (Å²) in [6, 6.07) is 5.79. The highest BCUT2D eigenvalue weighted by molar-refractivity contribution is 5.53. The van der Waals surface area contributed by atoms with Gasteiger partial charge in [-0.15, -0.1) is 0 Å². The molecule has 19 heavy (non-hydrogen) atoms. The number of nitrogen functional groups attached to an aromatic ring is 1. The van der Waals surface area contributed by atoms with Crippen molar-refractivity contribution in [2.75, 3.05) is 5.43 Å². The minimum Gasteiger partial charge on any atom is -0.308 e. The van der Waals surface area contributed by atoms with Crippen LogP contribution < -0.4 is 11.3 Å². The molecule has 3 N–H and O–H groups in total. The van der Waals surface area contributed by atoms with E-state index in [0.29, 0.717) is 17.6 Å². The van der Waals surface area contributed by atoms with Crippen molar-refractivity contribution in [3.05, 3.63) is 35.7 Å². The number of rotatable bonds is 4. The molecule has 0 unspecified atom stereocenters. The minimum absolute atomic E-state index is 0.527. The van der Waals surface area contributed by atoms with Crippen LogP contribution in [0.15, 0.2) is 24.4 Å². The van der Waals surface area contributed by atoms with Crippen LogP contribution in [0.1, 0.15) is 25.1 Å². The Morgan fingerprint density at radius 2 is 2.05 bits per heavy atom. The molecular formula is C14H19N5. The number of anilines is 1. The summed E-state index contributed by atoms with van der Waals surface area (Å²) in [5.74, 6) is 7.21. The van der Waals surface area contributed by atoms with Crippen LogP contribution in [0, 0.1) is 12.8 Å². The van der Waals surface area contributed by atoms with Crippen LogP contribution in [0.2, 0.25) is 0 Å². The van der Waals surface area contributed by atoms with E-state index in [1.54, 1.807) is 6.20 Å². The van der Waals surface area contributed by atoms with E-state index in [0.717, 1.165) is 23.4 Å². The third kappa shape index (κ3) is 3.48. The molecule has 2 aromatic heterocycles. The number of aromatic nitrogens is 3. The molecule has 0 radical (unpaired) electrons. The summed E-state index contributed by atoms with van der Waals surface area (Å²) in [5.41, 5.74) is 5.45. The lowest BCUT2D eigenvalue weighted by molar-refractivity contribution is 0.634. The summed E-state index contributed by atoms with van der Waals surface area (Å²) in [5, 5.41) is 0. The average molecular weight is 257 g/mol. The van der Waals surface area contributed by atoms with Crippen molar-refractivity contribution in [1.82, 2.24) is 15.0 Å². The number of nitrogens with one attached hydrogen (secondary N) is 1. The van der Waals surface area contributed by atoms with E-state index in [9.17, 15) is 0 Å². The fraction of sp³-hybridized carbons (Fsp3) is 0.357. The van der Waals surface area contributed by atoms with E-state index < -0.39 is 0 Å². The molecule has 0 bridgehead atoms. The first-order valence-electron chi connectivity index (χ1n) is 6.36. The first-order valence-corrected chi connectivity index (χ1v) is 6.36. The van der Waals surface area contributed by atoms with Gasteiger partial charge in [-0.3, -0.25) is 4.98 Å². The molecule has 0 fully saturated rings. The Hall–Kier alpha value is -2.01. The van der Waals surface area contributed by atoms with Crippen LogP contribution in [-0.4, -0.2) is 15.0 Å². The number of hydrogen-bond donors (Lipinski definition) is 2. The van der Waals surface area contributed by atoms with E-state index in [1.807, 2.05) is 25.1 Å². The minimum atomic E-state index is 0.527. The van der Waals surface area contributed by atoms with Crippen LogP contribution >= 0.6 is 0 Å². The van der Waals surface area contributed by atoms with Gasteiger partial charge in [-0.2, -0.15) is 0 Å². The Kier molecular flexibility index (Phi) is 4.06. The normalized spacial score (nSPS) is 10.8. The van der Waals surface area contributed by atoms with E-state index in [2.05, 4.69) is 34.2 Å². The number of pyridine rings is 1. The Morgan fingerprint density at radius 3 is 2.68 bits per heavy atom. The van der Waals surface area contributed by atoms with Crippen LogP contribution in [-0.2, 0) is 6.42 Å². The summed E-state index contributed by atoms with van der Waals surface area (Å²) in [6.45, 7) is 6.33. The van der Waals surface area contributed by atoms with Gasteiger partial charge < -0.3 is 5.43 Å². The van der Waals surface area contributed by atoms with Crippen LogP contribution in [0.4, 0.5) is 5.82 Å². The van der Waals surface area contributed by atoms with E-state index in [4.69, 9.17) is 5.84 Å². The Bertz CT molecular complexity index is 566.